The molecular formula is C42H72O4. The van der Waals surface area contributed by atoms with Crippen LogP contribution in [0, 0.1) is 0 Å². The molecule has 0 aliphatic heterocycles. The van der Waals surface area contributed by atoms with Gasteiger partial charge in [-0.2, -0.15) is 0 Å². The normalized spacial score (nSPS) is 17.2. The van der Waals surface area contributed by atoms with Crippen LogP contribution in [-0.4, -0.2) is 24.1 Å². The van der Waals surface area contributed by atoms with Crippen molar-refractivity contribution in [3.8, 4) is 0 Å². The van der Waals surface area contributed by atoms with Crippen LogP contribution in [0.25, 0.3) is 0 Å². The van der Waals surface area contributed by atoms with Gasteiger partial charge in [0.25, 0.3) is 0 Å². The first-order valence-electron chi connectivity index (χ1n) is 19.6. The second-order valence-electron chi connectivity index (χ2n) is 13.3. The predicted molar refractivity (Wildman–Crippen MR) is 197 cm³/mol. The zero-order valence-electron chi connectivity index (χ0n) is 30.2. The average molecular weight is 641 g/mol. The number of carbonyl (C=O) groups excluding carboxylic acids is 2. The molecule has 0 aromatic carbocycles. The van der Waals surface area contributed by atoms with E-state index in [4.69, 9.17) is 9.47 Å². The van der Waals surface area contributed by atoms with Gasteiger partial charge >= 0.3 is 11.9 Å². The molecule has 0 aromatic heterocycles. The van der Waals surface area contributed by atoms with E-state index in [-0.39, 0.29) is 24.1 Å². The summed E-state index contributed by atoms with van der Waals surface area (Å²) in [7, 11) is 0. The van der Waals surface area contributed by atoms with E-state index in [1.165, 1.54) is 89.9 Å². The fourth-order valence-electron chi connectivity index (χ4n) is 5.92. The highest BCUT2D eigenvalue weighted by molar-refractivity contribution is 5.70. The van der Waals surface area contributed by atoms with Crippen molar-refractivity contribution in [2.24, 2.45) is 0 Å². The van der Waals surface area contributed by atoms with E-state index in [0.717, 1.165) is 77.0 Å². The summed E-state index contributed by atoms with van der Waals surface area (Å²) < 4.78 is 11.4. The molecule has 0 N–H and O–H groups in total. The van der Waals surface area contributed by atoms with Gasteiger partial charge in [0.05, 0.1) is 0 Å². The lowest BCUT2D eigenvalue weighted by Gasteiger charge is -2.28. The number of rotatable bonds is 30. The van der Waals surface area contributed by atoms with Gasteiger partial charge in [-0.15, -0.1) is 0 Å². The van der Waals surface area contributed by atoms with Gasteiger partial charge in [0.15, 0.2) is 0 Å². The van der Waals surface area contributed by atoms with Gasteiger partial charge in [-0.05, 0) is 103 Å². The number of ether oxygens (including phenoxy) is 2. The van der Waals surface area contributed by atoms with Crippen LogP contribution in [0.3, 0.4) is 0 Å². The van der Waals surface area contributed by atoms with Crippen molar-refractivity contribution < 1.29 is 19.1 Å². The molecule has 1 aliphatic rings. The Morgan fingerprint density at radius 2 is 0.739 bits per heavy atom. The molecule has 0 saturated heterocycles. The average Bonchev–Trinajstić information content (AvgIpc) is 3.05. The van der Waals surface area contributed by atoms with Crippen molar-refractivity contribution >= 4 is 11.9 Å². The standard InChI is InChI=1S/C42H72O4/c1-3-5-7-9-11-13-15-17-19-21-23-25-27-29-31-33-41(43)45-39-35-37-40(38-36-39)46-42(44)34-32-30-28-26-24-22-20-18-16-14-12-10-8-6-4-2/h11-14,17-20,39-40H,3-10,15-16,21-38H2,1-2H3/b13-11-,14-12-,19-17-,20-18-. The van der Waals surface area contributed by atoms with Crippen LogP contribution in [0.1, 0.15) is 194 Å². The number of hydrogen-bond donors (Lipinski definition) is 0. The fraction of sp³-hybridized carbons (Fsp3) is 0.762. The maximum atomic E-state index is 12.3. The summed E-state index contributed by atoms with van der Waals surface area (Å²) in [5, 5.41) is 0. The van der Waals surface area contributed by atoms with Crippen LogP contribution >= 0.6 is 0 Å². The summed E-state index contributed by atoms with van der Waals surface area (Å²) in [5.74, 6) is -0.125. The number of esters is 2. The Kier molecular flexibility index (Phi) is 29.9. The van der Waals surface area contributed by atoms with Crippen LogP contribution in [0.15, 0.2) is 48.6 Å². The van der Waals surface area contributed by atoms with Crippen molar-refractivity contribution in [1.82, 2.24) is 0 Å². The second-order valence-corrected chi connectivity index (χ2v) is 13.3. The van der Waals surface area contributed by atoms with Crippen molar-refractivity contribution in [2.45, 2.75) is 206 Å². The van der Waals surface area contributed by atoms with Crippen LogP contribution in [0.2, 0.25) is 0 Å². The van der Waals surface area contributed by atoms with E-state index in [2.05, 4.69) is 62.5 Å². The lowest BCUT2D eigenvalue weighted by atomic mass is 9.95. The summed E-state index contributed by atoms with van der Waals surface area (Å²) in [6, 6.07) is 0. The minimum absolute atomic E-state index is 0.0118. The molecule has 1 aliphatic carbocycles. The molecule has 0 unspecified atom stereocenters. The Labute approximate surface area is 284 Å². The highest BCUT2D eigenvalue weighted by Gasteiger charge is 2.26. The summed E-state index contributed by atoms with van der Waals surface area (Å²) in [5.41, 5.74) is 0. The highest BCUT2D eigenvalue weighted by Crippen LogP contribution is 2.25. The van der Waals surface area contributed by atoms with Crippen molar-refractivity contribution in [3.63, 3.8) is 0 Å². The molecule has 1 rings (SSSR count). The molecule has 0 atom stereocenters. The van der Waals surface area contributed by atoms with Gasteiger partial charge in [0.2, 0.25) is 0 Å². The molecule has 0 radical (unpaired) electrons. The van der Waals surface area contributed by atoms with Crippen LogP contribution in [0.5, 0.6) is 0 Å². The van der Waals surface area contributed by atoms with Crippen LogP contribution in [-0.2, 0) is 19.1 Å². The summed E-state index contributed by atoms with van der Waals surface area (Å²) in [4.78, 5) is 24.6. The zero-order valence-corrected chi connectivity index (χ0v) is 30.2. The summed E-state index contributed by atoms with van der Waals surface area (Å²) >= 11 is 0. The molecular weight excluding hydrogens is 568 g/mol. The molecule has 0 amide bonds. The van der Waals surface area contributed by atoms with E-state index in [0.29, 0.717) is 12.8 Å². The molecule has 0 heterocycles. The minimum atomic E-state index is -0.0625. The third-order valence-corrected chi connectivity index (χ3v) is 8.88. The Morgan fingerprint density at radius 1 is 0.435 bits per heavy atom. The first-order chi connectivity index (χ1) is 22.7. The van der Waals surface area contributed by atoms with Crippen LogP contribution < -0.4 is 0 Å². The fourth-order valence-corrected chi connectivity index (χ4v) is 5.92. The Morgan fingerprint density at radius 3 is 1.09 bits per heavy atom. The third kappa shape index (κ3) is 28.1. The molecule has 0 aromatic rings. The Balaban J connectivity index is 1.91. The minimum Gasteiger partial charge on any atom is -0.462 e. The third-order valence-electron chi connectivity index (χ3n) is 8.88. The first-order valence-corrected chi connectivity index (χ1v) is 19.6. The lowest BCUT2D eigenvalue weighted by Crippen LogP contribution is -2.29. The van der Waals surface area contributed by atoms with Gasteiger partial charge in [-0.3, -0.25) is 9.59 Å². The molecule has 0 spiro atoms. The van der Waals surface area contributed by atoms with E-state index in [1.807, 2.05) is 0 Å². The molecule has 264 valence electrons. The van der Waals surface area contributed by atoms with E-state index in [9.17, 15) is 9.59 Å². The van der Waals surface area contributed by atoms with Crippen molar-refractivity contribution in [1.29, 1.82) is 0 Å². The van der Waals surface area contributed by atoms with Gasteiger partial charge in [-0.25, -0.2) is 0 Å². The molecule has 1 saturated carbocycles. The van der Waals surface area contributed by atoms with Gasteiger partial charge in [-0.1, -0.05) is 127 Å². The Bertz CT molecular complexity index is 748. The van der Waals surface area contributed by atoms with E-state index < -0.39 is 0 Å². The molecule has 4 nitrogen and oxygen atoms in total. The first kappa shape index (κ1) is 41.9. The summed E-state index contributed by atoms with van der Waals surface area (Å²) in [6.45, 7) is 4.49. The van der Waals surface area contributed by atoms with Crippen molar-refractivity contribution in [3.05, 3.63) is 48.6 Å². The van der Waals surface area contributed by atoms with Crippen LogP contribution in [0.4, 0.5) is 0 Å². The Hall–Kier alpha value is -2.10. The van der Waals surface area contributed by atoms with Gasteiger partial charge < -0.3 is 9.47 Å². The number of unbranched alkanes of at least 4 members (excludes halogenated alkanes) is 16. The number of hydrogen-bond acceptors (Lipinski definition) is 4. The quantitative estimate of drug-likeness (QED) is 0.0445. The lowest BCUT2D eigenvalue weighted by molar-refractivity contribution is -0.158. The van der Waals surface area contributed by atoms with E-state index in [1.54, 1.807) is 0 Å². The van der Waals surface area contributed by atoms with E-state index >= 15 is 0 Å². The molecule has 0 bridgehead atoms. The largest absolute Gasteiger partial charge is 0.462 e. The smallest absolute Gasteiger partial charge is 0.306 e. The van der Waals surface area contributed by atoms with Gasteiger partial charge in [0, 0.05) is 12.8 Å². The number of allylic oxidation sites excluding steroid dienone is 8. The predicted octanol–water partition coefficient (Wildman–Crippen LogP) is 13.0. The number of carbonyl (C=O) groups is 2. The topological polar surface area (TPSA) is 52.6 Å². The molecule has 4 heteroatoms. The zero-order chi connectivity index (χ0) is 33.2. The SMILES string of the molecule is CCCCC/C=C\C/C=C\CCCCCCCC(=O)OC1CCC(OC(=O)CCCCCCC/C=C\C/C=C\CCCCC)CC1. The van der Waals surface area contributed by atoms with Gasteiger partial charge in [0.1, 0.15) is 12.2 Å². The summed E-state index contributed by atoms with van der Waals surface area (Å²) in [6.07, 6.45) is 48.6. The maximum absolute atomic E-state index is 12.3. The highest BCUT2D eigenvalue weighted by atomic mass is 16.6. The monoisotopic (exact) mass is 641 g/mol. The molecule has 1 fully saturated rings. The maximum Gasteiger partial charge on any atom is 0.306 e. The molecule has 46 heavy (non-hydrogen) atoms. The van der Waals surface area contributed by atoms with Crippen molar-refractivity contribution in [2.75, 3.05) is 0 Å². The second kappa shape index (κ2) is 32.8.